The van der Waals surface area contributed by atoms with Crippen molar-refractivity contribution in [2.24, 2.45) is 5.92 Å². The summed E-state index contributed by atoms with van der Waals surface area (Å²) in [6, 6.07) is 9.20. The van der Waals surface area contributed by atoms with Gasteiger partial charge in [-0.15, -0.1) is 0 Å². The number of aliphatic hydroxyl groups is 1. The van der Waals surface area contributed by atoms with Crippen molar-refractivity contribution in [3.63, 3.8) is 0 Å². The summed E-state index contributed by atoms with van der Waals surface area (Å²) in [5.41, 5.74) is 1.37. The van der Waals surface area contributed by atoms with Crippen molar-refractivity contribution in [2.45, 2.75) is 33.3 Å². The van der Waals surface area contributed by atoms with E-state index < -0.39 is 5.60 Å². The van der Waals surface area contributed by atoms with E-state index in [1.807, 2.05) is 51.1 Å². The van der Waals surface area contributed by atoms with E-state index in [2.05, 4.69) is 15.6 Å². The van der Waals surface area contributed by atoms with Gasteiger partial charge in [0.1, 0.15) is 0 Å². The molecule has 0 aliphatic rings. The van der Waals surface area contributed by atoms with Crippen molar-refractivity contribution in [1.29, 1.82) is 0 Å². The maximum Gasteiger partial charge on any atom is 0.319 e. The highest BCUT2D eigenvalue weighted by atomic mass is 16.3. The van der Waals surface area contributed by atoms with Crippen molar-refractivity contribution in [3.8, 4) is 0 Å². The fourth-order valence-corrected chi connectivity index (χ4v) is 1.98. The van der Waals surface area contributed by atoms with Crippen LogP contribution in [0.1, 0.15) is 26.5 Å². The molecular weight excluding hydrogens is 278 g/mol. The van der Waals surface area contributed by atoms with Crippen LogP contribution in [0.15, 0.2) is 30.3 Å². The van der Waals surface area contributed by atoms with E-state index in [4.69, 9.17) is 0 Å². The minimum atomic E-state index is -0.940. The lowest BCUT2D eigenvalue weighted by Gasteiger charge is -2.27. The van der Waals surface area contributed by atoms with E-state index >= 15 is 0 Å². The highest BCUT2D eigenvalue weighted by molar-refractivity contribution is 5.99. The second-order valence-electron chi connectivity index (χ2n) is 6.15. The summed E-state index contributed by atoms with van der Waals surface area (Å²) in [7, 11) is 0. The lowest BCUT2D eigenvalue weighted by molar-refractivity contribution is 0.0170. The van der Waals surface area contributed by atoms with Gasteiger partial charge < -0.3 is 15.7 Å². The molecule has 0 bridgehead atoms. The maximum absolute atomic E-state index is 12.0. The lowest BCUT2D eigenvalue weighted by atomic mass is 9.93. The smallest absolute Gasteiger partial charge is 0.319 e. The van der Waals surface area contributed by atoms with E-state index in [1.165, 1.54) is 0 Å². The third kappa shape index (κ3) is 3.74. The van der Waals surface area contributed by atoms with Crippen LogP contribution in [0.25, 0.3) is 10.9 Å². The first kappa shape index (κ1) is 16.2. The molecule has 1 aromatic heterocycles. The predicted octanol–water partition coefficient (Wildman–Crippen LogP) is 3.07. The lowest BCUT2D eigenvalue weighted by Crippen LogP contribution is -2.45. The molecule has 2 rings (SSSR count). The molecule has 2 amide bonds. The Morgan fingerprint density at radius 2 is 2.05 bits per heavy atom. The maximum atomic E-state index is 12.0. The van der Waals surface area contributed by atoms with Crippen molar-refractivity contribution in [3.05, 3.63) is 36.0 Å². The second kappa shape index (κ2) is 6.32. The van der Waals surface area contributed by atoms with E-state index in [0.29, 0.717) is 5.69 Å². The predicted molar refractivity (Wildman–Crippen MR) is 89.0 cm³/mol. The van der Waals surface area contributed by atoms with Gasteiger partial charge in [0, 0.05) is 17.6 Å². The van der Waals surface area contributed by atoms with Gasteiger partial charge in [0.2, 0.25) is 0 Å². The Bertz CT molecular complexity index is 681. The van der Waals surface area contributed by atoms with Crippen LogP contribution in [-0.2, 0) is 0 Å². The van der Waals surface area contributed by atoms with Gasteiger partial charge in [0.25, 0.3) is 0 Å². The van der Waals surface area contributed by atoms with Crippen molar-refractivity contribution in [2.75, 3.05) is 11.9 Å². The number of hydrogen-bond donors (Lipinski definition) is 3. The molecule has 0 saturated carbocycles. The molecule has 0 radical (unpaired) electrons. The number of rotatable bonds is 4. The Labute approximate surface area is 130 Å². The van der Waals surface area contributed by atoms with Crippen LogP contribution >= 0.6 is 0 Å². The molecule has 0 aliphatic carbocycles. The number of aryl methyl sites for hydroxylation is 1. The van der Waals surface area contributed by atoms with E-state index in [1.54, 1.807) is 6.92 Å². The number of pyridine rings is 1. The molecule has 0 saturated heterocycles. The zero-order valence-electron chi connectivity index (χ0n) is 13.5. The zero-order chi connectivity index (χ0) is 16.3. The van der Waals surface area contributed by atoms with Gasteiger partial charge in [-0.2, -0.15) is 0 Å². The fourth-order valence-electron chi connectivity index (χ4n) is 1.98. The fraction of sp³-hybridized carbons (Fsp3) is 0.412. The second-order valence-corrected chi connectivity index (χ2v) is 6.15. The summed E-state index contributed by atoms with van der Waals surface area (Å²) in [5.74, 6) is 0.0506. The Morgan fingerprint density at radius 1 is 1.32 bits per heavy atom. The number of nitrogens with zero attached hydrogens (tertiary/aromatic N) is 1. The number of benzene rings is 1. The number of nitrogens with one attached hydrogen (secondary N) is 2. The van der Waals surface area contributed by atoms with Gasteiger partial charge in [0.15, 0.2) is 0 Å². The molecule has 0 fully saturated rings. The molecule has 5 heteroatoms. The van der Waals surface area contributed by atoms with E-state index in [9.17, 15) is 9.90 Å². The summed E-state index contributed by atoms with van der Waals surface area (Å²) in [6.07, 6.45) is 0. The molecule has 22 heavy (non-hydrogen) atoms. The third-order valence-electron chi connectivity index (χ3n) is 3.96. The first-order valence-electron chi connectivity index (χ1n) is 7.43. The van der Waals surface area contributed by atoms with Crippen LogP contribution in [0.2, 0.25) is 0 Å². The zero-order valence-corrected chi connectivity index (χ0v) is 13.5. The number of carbonyl (C=O) groups is 1. The average molecular weight is 301 g/mol. The van der Waals surface area contributed by atoms with Crippen LogP contribution in [0.3, 0.4) is 0 Å². The minimum Gasteiger partial charge on any atom is -0.388 e. The largest absolute Gasteiger partial charge is 0.388 e. The summed E-state index contributed by atoms with van der Waals surface area (Å²) in [4.78, 5) is 16.5. The molecule has 1 unspecified atom stereocenters. The van der Waals surface area contributed by atoms with E-state index in [-0.39, 0.29) is 18.5 Å². The van der Waals surface area contributed by atoms with Gasteiger partial charge in [0.05, 0.1) is 16.8 Å². The van der Waals surface area contributed by atoms with Crippen molar-refractivity contribution in [1.82, 2.24) is 10.3 Å². The van der Waals surface area contributed by atoms with Gasteiger partial charge in [-0.3, -0.25) is 4.98 Å². The average Bonchev–Trinajstić information content (AvgIpc) is 2.46. The van der Waals surface area contributed by atoms with Crippen LogP contribution in [-0.4, -0.2) is 28.3 Å². The number of carbonyl (C=O) groups excluding carboxylic acids is 1. The number of anilines is 1. The van der Waals surface area contributed by atoms with Crippen LogP contribution in [0.5, 0.6) is 0 Å². The van der Waals surface area contributed by atoms with Crippen LogP contribution in [0, 0.1) is 12.8 Å². The van der Waals surface area contributed by atoms with E-state index in [0.717, 1.165) is 16.6 Å². The number of para-hydroxylation sites is 1. The van der Waals surface area contributed by atoms with Crippen LogP contribution < -0.4 is 10.6 Å². The molecule has 1 aromatic carbocycles. The standard InChI is InChI=1S/C17H23N3O2/c1-11(2)17(4,22)10-18-16(21)20-14-7-5-6-13-9-8-12(3)19-15(13)14/h5-9,11,22H,10H2,1-4H3,(H2,18,20,21). The number of urea groups is 1. The molecule has 1 heterocycles. The highest BCUT2D eigenvalue weighted by Crippen LogP contribution is 2.21. The summed E-state index contributed by atoms with van der Waals surface area (Å²) in [6.45, 7) is 7.64. The summed E-state index contributed by atoms with van der Waals surface area (Å²) < 4.78 is 0. The van der Waals surface area contributed by atoms with Gasteiger partial charge in [-0.05, 0) is 31.9 Å². The summed E-state index contributed by atoms with van der Waals surface area (Å²) >= 11 is 0. The molecule has 3 N–H and O–H groups in total. The third-order valence-corrected chi connectivity index (χ3v) is 3.96. The van der Waals surface area contributed by atoms with Gasteiger partial charge >= 0.3 is 6.03 Å². The topological polar surface area (TPSA) is 74.2 Å². The number of aromatic nitrogens is 1. The molecule has 118 valence electrons. The number of amides is 2. The normalized spacial score (nSPS) is 13.9. The molecule has 1 atom stereocenters. The van der Waals surface area contributed by atoms with Crippen LogP contribution in [0.4, 0.5) is 10.5 Å². The highest BCUT2D eigenvalue weighted by Gasteiger charge is 2.25. The summed E-state index contributed by atoms with van der Waals surface area (Å²) in [5, 5.41) is 16.6. The quantitative estimate of drug-likeness (QED) is 0.812. The number of hydrogen-bond acceptors (Lipinski definition) is 3. The SMILES string of the molecule is Cc1ccc2cccc(NC(=O)NCC(C)(O)C(C)C)c2n1. The molecular formula is C17H23N3O2. The Kier molecular flexibility index (Phi) is 4.66. The molecule has 0 spiro atoms. The van der Waals surface area contributed by atoms with Gasteiger partial charge in [-0.25, -0.2) is 4.79 Å². The van der Waals surface area contributed by atoms with Crippen molar-refractivity contribution < 1.29 is 9.90 Å². The molecule has 5 nitrogen and oxygen atoms in total. The Hall–Kier alpha value is -2.14. The Morgan fingerprint density at radius 3 is 2.73 bits per heavy atom. The first-order chi connectivity index (χ1) is 10.3. The molecule has 2 aromatic rings. The van der Waals surface area contributed by atoms with Gasteiger partial charge in [-0.1, -0.05) is 32.0 Å². The molecule has 0 aliphatic heterocycles. The monoisotopic (exact) mass is 301 g/mol. The first-order valence-corrected chi connectivity index (χ1v) is 7.43. The Balaban J connectivity index is 2.11. The van der Waals surface area contributed by atoms with Crippen molar-refractivity contribution >= 4 is 22.6 Å². The minimum absolute atomic E-state index is 0.0506. The number of fused-ring (bicyclic) bond motifs is 1.